The molecule has 23 heavy (non-hydrogen) atoms. The van der Waals surface area contributed by atoms with Crippen LogP contribution in [-0.2, 0) is 6.42 Å². The summed E-state index contributed by atoms with van der Waals surface area (Å²) >= 11 is 2.80. The highest BCUT2D eigenvalue weighted by Crippen LogP contribution is 2.27. The summed E-state index contributed by atoms with van der Waals surface area (Å²) in [4.78, 5) is 22.6. The lowest BCUT2D eigenvalue weighted by molar-refractivity contribution is 0.252. The van der Waals surface area contributed by atoms with Crippen molar-refractivity contribution in [1.82, 2.24) is 19.7 Å². The zero-order valence-corrected chi connectivity index (χ0v) is 14.1. The number of anilines is 1. The van der Waals surface area contributed by atoms with Crippen molar-refractivity contribution in [2.45, 2.75) is 13.3 Å². The van der Waals surface area contributed by atoms with E-state index >= 15 is 0 Å². The van der Waals surface area contributed by atoms with Gasteiger partial charge in [-0.05, 0) is 31.2 Å². The minimum absolute atomic E-state index is 0.286. The van der Waals surface area contributed by atoms with Gasteiger partial charge in [0.2, 0.25) is 5.13 Å². The van der Waals surface area contributed by atoms with Crippen molar-refractivity contribution in [3.63, 3.8) is 0 Å². The predicted octanol–water partition coefficient (Wildman–Crippen LogP) is 3.33. The van der Waals surface area contributed by atoms with Crippen LogP contribution in [0.2, 0.25) is 0 Å². The number of aromatic nitrogens is 3. The Kier molecular flexibility index (Phi) is 4.94. The van der Waals surface area contributed by atoms with Crippen LogP contribution in [-0.4, -0.2) is 26.9 Å². The van der Waals surface area contributed by atoms with Crippen molar-refractivity contribution in [2.75, 3.05) is 11.9 Å². The summed E-state index contributed by atoms with van der Waals surface area (Å²) < 4.78 is 4.27. The Morgan fingerprint density at radius 3 is 2.91 bits per heavy atom. The maximum absolute atomic E-state index is 11.9. The molecule has 0 fully saturated rings. The number of pyridine rings is 1. The Morgan fingerprint density at radius 2 is 2.17 bits per heavy atom. The van der Waals surface area contributed by atoms with Crippen LogP contribution in [0.15, 0.2) is 36.5 Å². The second-order valence-corrected chi connectivity index (χ2v) is 6.83. The lowest BCUT2D eigenvalue weighted by atomic mass is 10.3. The normalized spacial score (nSPS) is 10.5. The average Bonchev–Trinajstić information content (AvgIpc) is 3.17. The zero-order chi connectivity index (χ0) is 16.1. The molecular weight excluding hydrogens is 330 g/mol. The molecule has 3 heterocycles. The smallest absolute Gasteiger partial charge is 0.321 e. The molecule has 2 amide bonds. The topological polar surface area (TPSA) is 79.8 Å². The standard InChI is InChI=1S/C15H15N5OS2/c1-10-5-6-12(22-10)13-18-15(23-20-13)19-14(21)17-9-7-11-4-2-3-8-16-11/h2-6,8H,7,9H2,1H3,(H2,17,18,19,20,21). The summed E-state index contributed by atoms with van der Waals surface area (Å²) in [5, 5.41) is 5.98. The average molecular weight is 345 g/mol. The number of nitrogens with zero attached hydrogens (tertiary/aromatic N) is 3. The number of amides is 2. The Balaban J connectivity index is 1.49. The van der Waals surface area contributed by atoms with Crippen LogP contribution in [0.1, 0.15) is 10.6 Å². The molecular formula is C15H15N5OS2. The second-order valence-electron chi connectivity index (χ2n) is 4.79. The van der Waals surface area contributed by atoms with E-state index in [1.165, 1.54) is 16.4 Å². The van der Waals surface area contributed by atoms with Gasteiger partial charge in [-0.1, -0.05) is 6.07 Å². The van der Waals surface area contributed by atoms with Crippen LogP contribution in [0.5, 0.6) is 0 Å². The molecule has 118 valence electrons. The number of carbonyl (C=O) groups excluding carboxylic acids is 1. The summed E-state index contributed by atoms with van der Waals surface area (Å²) in [7, 11) is 0. The fraction of sp³-hybridized carbons (Fsp3) is 0.200. The number of aryl methyl sites for hydroxylation is 1. The Hall–Kier alpha value is -2.32. The van der Waals surface area contributed by atoms with Gasteiger partial charge in [0.1, 0.15) is 0 Å². The van der Waals surface area contributed by atoms with E-state index in [0.29, 0.717) is 23.9 Å². The SMILES string of the molecule is Cc1ccc(-c2nsc(NC(=O)NCCc3ccccn3)n2)s1. The predicted molar refractivity (Wildman–Crippen MR) is 92.9 cm³/mol. The highest BCUT2D eigenvalue weighted by atomic mass is 32.1. The molecule has 0 radical (unpaired) electrons. The maximum atomic E-state index is 11.9. The van der Waals surface area contributed by atoms with Gasteiger partial charge in [0.05, 0.1) is 4.88 Å². The molecule has 0 spiro atoms. The third-order valence-corrected chi connectivity index (χ3v) is 4.63. The van der Waals surface area contributed by atoms with E-state index < -0.39 is 0 Å². The van der Waals surface area contributed by atoms with Gasteiger partial charge in [0.25, 0.3) is 0 Å². The molecule has 6 nitrogen and oxygen atoms in total. The van der Waals surface area contributed by atoms with Gasteiger partial charge < -0.3 is 5.32 Å². The lowest BCUT2D eigenvalue weighted by Gasteiger charge is -2.04. The number of urea groups is 1. The van der Waals surface area contributed by atoms with Crippen LogP contribution in [0.4, 0.5) is 9.93 Å². The highest BCUT2D eigenvalue weighted by Gasteiger charge is 2.10. The maximum Gasteiger partial charge on any atom is 0.321 e. The molecule has 3 aromatic heterocycles. The molecule has 0 saturated carbocycles. The first kappa shape index (κ1) is 15.6. The molecule has 0 aromatic carbocycles. The van der Waals surface area contributed by atoms with Gasteiger partial charge >= 0.3 is 6.03 Å². The number of hydrogen-bond donors (Lipinski definition) is 2. The van der Waals surface area contributed by atoms with E-state index in [1.807, 2.05) is 37.3 Å². The molecule has 2 N–H and O–H groups in total. The fourth-order valence-electron chi connectivity index (χ4n) is 1.92. The number of nitrogens with one attached hydrogen (secondary N) is 2. The Labute approximate surface area is 141 Å². The van der Waals surface area contributed by atoms with E-state index in [0.717, 1.165) is 10.6 Å². The van der Waals surface area contributed by atoms with Crippen LogP contribution in [0.3, 0.4) is 0 Å². The summed E-state index contributed by atoms with van der Waals surface area (Å²) in [6.07, 6.45) is 2.43. The molecule has 0 bridgehead atoms. The fourth-order valence-corrected chi connectivity index (χ4v) is 3.36. The summed E-state index contributed by atoms with van der Waals surface area (Å²) in [6, 6.07) is 9.45. The number of hydrogen-bond acceptors (Lipinski definition) is 6. The summed E-state index contributed by atoms with van der Waals surface area (Å²) in [5.41, 5.74) is 0.944. The van der Waals surface area contributed by atoms with Crippen molar-refractivity contribution in [3.05, 3.63) is 47.1 Å². The number of rotatable bonds is 5. The Bertz CT molecular complexity index is 784. The largest absolute Gasteiger partial charge is 0.337 e. The van der Waals surface area contributed by atoms with Crippen LogP contribution in [0, 0.1) is 6.92 Å². The third kappa shape index (κ3) is 4.33. The van der Waals surface area contributed by atoms with E-state index in [4.69, 9.17) is 0 Å². The van der Waals surface area contributed by atoms with Crippen LogP contribution >= 0.6 is 22.9 Å². The van der Waals surface area contributed by atoms with E-state index in [-0.39, 0.29) is 6.03 Å². The molecule has 0 saturated heterocycles. The first-order chi connectivity index (χ1) is 11.2. The quantitative estimate of drug-likeness (QED) is 0.743. The molecule has 8 heteroatoms. The van der Waals surface area contributed by atoms with Crippen molar-refractivity contribution in [3.8, 4) is 10.7 Å². The van der Waals surface area contributed by atoms with Crippen molar-refractivity contribution in [2.24, 2.45) is 0 Å². The lowest BCUT2D eigenvalue weighted by Crippen LogP contribution is -2.30. The van der Waals surface area contributed by atoms with Gasteiger partial charge in [0, 0.05) is 41.3 Å². The summed E-state index contributed by atoms with van der Waals surface area (Å²) in [5.74, 6) is 0.650. The van der Waals surface area contributed by atoms with Crippen LogP contribution < -0.4 is 10.6 Å². The first-order valence-electron chi connectivity index (χ1n) is 7.06. The van der Waals surface area contributed by atoms with Crippen LogP contribution in [0.25, 0.3) is 10.7 Å². The molecule has 0 unspecified atom stereocenters. The molecule has 3 rings (SSSR count). The molecule has 0 atom stereocenters. The molecule has 0 aliphatic carbocycles. The molecule has 3 aromatic rings. The van der Waals surface area contributed by atoms with Gasteiger partial charge in [-0.15, -0.1) is 11.3 Å². The van der Waals surface area contributed by atoms with Gasteiger partial charge in [0.15, 0.2) is 5.82 Å². The van der Waals surface area contributed by atoms with Crippen molar-refractivity contribution < 1.29 is 4.79 Å². The second kappa shape index (κ2) is 7.30. The summed E-state index contributed by atoms with van der Waals surface area (Å²) in [6.45, 7) is 2.55. The van der Waals surface area contributed by atoms with Gasteiger partial charge in [-0.3, -0.25) is 10.3 Å². The monoisotopic (exact) mass is 345 g/mol. The molecule has 0 aliphatic heterocycles. The minimum atomic E-state index is -0.286. The van der Waals surface area contributed by atoms with E-state index in [1.54, 1.807) is 17.5 Å². The number of thiophene rings is 1. The van der Waals surface area contributed by atoms with E-state index in [2.05, 4.69) is 25.0 Å². The first-order valence-corrected chi connectivity index (χ1v) is 8.65. The molecule has 0 aliphatic rings. The van der Waals surface area contributed by atoms with Gasteiger partial charge in [-0.25, -0.2) is 4.79 Å². The zero-order valence-electron chi connectivity index (χ0n) is 12.4. The number of carbonyl (C=O) groups is 1. The van der Waals surface area contributed by atoms with Crippen molar-refractivity contribution >= 4 is 34.0 Å². The van der Waals surface area contributed by atoms with Crippen molar-refractivity contribution in [1.29, 1.82) is 0 Å². The van der Waals surface area contributed by atoms with E-state index in [9.17, 15) is 4.79 Å². The Morgan fingerprint density at radius 1 is 1.26 bits per heavy atom. The highest BCUT2D eigenvalue weighted by molar-refractivity contribution is 7.15. The van der Waals surface area contributed by atoms with Gasteiger partial charge in [-0.2, -0.15) is 9.36 Å². The minimum Gasteiger partial charge on any atom is -0.337 e. The third-order valence-electron chi connectivity index (χ3n) is 3.00.